The first-order valence-electron chi connectivity index (χ1n) is 6.41. The highest BCUT2D eigenvalue weighted by molar-refractivity contribution is 5.35. The third kappa shape index (κ3) is 4.27. The minimum absolute atomic E-state index is 0.359. The summed E-state index contributed by atoms with van der Waals surface area (Å²) in [5, 5.41) is 9.57. The molecule has 0 aliphatic carbocycles. The van der Waals surface area contributed by atoms with Gasteiger partial charge in [0.15, 0.2) is 0 Å². The molecule has 1 unspecified atom stereocenters. The first kappa shape index (κ1) is 14.9. The SMILES string of the molecule is CCN(CC)CCOc1ccc(F)cc1C(C)O. The molecular weight excluding hydrogens is 233 g/mol. The normalized spacial score (nSPS) is 12.8. The van der Waals surface area contributed by atoms with Crippen LogP contribution in [0, 0.1) is 5.82 Å². The molecule has 0 heterocycles. The zero-order valence-corrected chi connectivity index (χ0v) is 11.3. The largest absolute Gasteiger partial charge is 0.492 e. The maximum absolute atomic E-state index is 13.1. The van der Waals surface area contributed by atoms with Gasteiger partial charge in [-0.25, -0.2) is 4.39 Å². The van der Waals surface area contributed by atoms with Gasteiger partial charge >= 0.3 is 0 Å². The van der Waals surface area contributed by atoms with Crippen molar-refractivity contribution in [3.8, 4) is 5.75 Å². The Bertz CT molecular complexity index is 365. The van der Waals surface area contributed by atoms with Gasteiger partial charge in [-0.3, -0.25) is 0 Å². The Balaban J connectivity index is 2.61. The van der Waals surface area contributed by atoms with Crippen molar-refractivity contribution in [2.75, 3.05) is 26.2 Å². The summed E-state index contributed by atoms with van der Waals surface area (Å²) in [6.45, 7) is 9.12. The minimum Gasteiger partial charge on any atom is -0.492 e. The van der Waals surface area contributed by atoms with E-state index < -0.39 is 6.10 Å². The van der Waals surface area contributed by atoms with E-state index in [0.717, 1.165) is 19.6 Å². The van der Waals surface area contributed by atoms with Gasteiger partial charge in [-0.2, -0.15) is 0 Å². The Labute approximate surface area is 108 Å². The molecule has 1 atom stereocenters. The number of rotatable bonds is 7. The molecule has 1 N–H and O–H groups in total. The number of aliphatic hydroxyl groups excluding tert-OH is 1. The summed E-state index contributed by atoms with van der Waals surface area (Å²) < 4.78 is 18.7. The van der Waals surface area contributed by atoms with Crippen LogP contribution in [0.15, 0.2) is 18.2 Å². The lowest BCUT2D eigenvalue weighted by Crippen LogP contribution is -2.28. The van der Waals surface area contributed by atoms with E-state index in [4.69, 9.17) is 4.74 Å². The summed E-state index contributed by atoms with van der Waals surface area (Å²) in [5.74, 6) is 0.195. The maximum atomic E-state index is 13.1. The van der Waals surface area contributed by atoms with Crippen molar-refractivity contribution in [3.63, 3.8) is 0 Å². The summed E-state index contributed by atoms with van der Waals surface area (Å²) >= 11 is 0. The predicted octanol–water partition coefficient (Wildman–Crippen LogP) is 2.60. The Hall–Kier alpha value is -1.13. The van der Waals surface area contributed by atoms with Crippen LogP contribution in [0.3, 0.4) is 0 Å². The number of halogens is 1. The lowest BCUT2D eigenvalue weighted by molar-refractivity contribution is 0.184. The number of likely N-dealkylation sites (N-methyl/N-ethyl adjacent to an activating group) is 1. The average molecular weight is 255 g/mol. The Kier molecular flexibility index (Phi) is 6.09. The molecule has 102 valence electrons. The summed E-state index contributed by atoms with van der Waals surface area (Å²) in [4.78, 5) is 2.24. The van der Waals surface area contributed by atoms with Gasteiger partial charge in [-0.15, -0.1) is 0 Å². The number of aliphatic hydroxyl groups is 1. The topological polar surface area (TPSA) is 32.7 Å². The van der Waals surface area contributed by atoms with E-state index in [9.17, 15) is 9.50 Å². The number of nitrogens with zero attached hydrogens (tertiary/aromatic N) is 1. The van der Waals surface area contributed by atoms with Crippen LogP contribution in [0.5, 0.6) is 5.75 Å². The van der Waals surface area contributed by atoms with Gasteiger partial charge in [0.1, 0.15) is 18.2 Å². The number of hydrogen-bond donors (Lipinski definition) is 1. The average Bonchev–Trinajstić information content (AvgIpc) is 2.36. The number of hydrogen-bond acceptors (Lipinski definition) is 3. The van der Waals surface area contributed by atoms with Crippen LogP contribution in [0.2, 0.25) is 0 Å². The molecule has 0 bridgehead atoms. The van der Waals surface area contributed by atoms with Crippen LogP contribution in [-0.4, -0.2) is 36.2 Å². The number of benzene rings is 1. The highest BCUT2D eigenvalue weighted by Gasteiger charge is 2.10. The molecule has 0 aliphatic heterocycles. The van der Waals surface area contributed by atoms with E-state index in [1.54, 1.807) is 13.0 Å². The van der Waals surface area contributed by atoms with Gasteiger partial charge in [-0.1, -0.05) is 13.8 Å². The second-order valence-corrected chi connectivity index (χ2v) is 4.23. The lowest BCUT2D eigenvalue weighted by Gasteiger charge is -2.19. The zero-order valence-electron chi connectivity index (χ0n) is 11.3. The molecule has 3 nitrogen and oxygen atoms in total. The fourth-order valence-electron chi connectivity index (χ4n) is 1.80. The van der Waals surface area contributed by atoms with Gasteiger partial charge in [0, 0.05) is 12.1 Å². The predicted molar refractivity (Wildman–Crippen MR) is 70.3 cm³/mol. The van der Waals surface area contributed by atoms with Crippen LogP contribution in [0.4, 0.5) is 4.39 Å². The molecule has 1 aromatic carbocycles. The first-order chi connectivity index (χ1) is 8.58. The molecule has 18 heavy (non-hydrogen) atoms. The minimum atomic E-state index is -0.732. The number of ether oxygens (including phenoxy) is 1. The molecule has 0 saturated heterocycles. The van der Waals surface area contributed by atoms with Gasteiger partial charge in [0.25, 0.3) is 0 Å². The van der Waals surface area contributed by atoms with Crippen LogP contribution >= 0.6 is 0 Å². The van der Waals surface area contributed by atoms with Crippen molar-refractivity contribution in [3.05, 3.63) is 29.6 Å². The fraction of sp³-hybridized carbons (Fsp3) is 0.571. The summed E-state index contributed by atoms with van der Waals surface area (Å²) in [6, 6.07) is 4.23. The van der Waals surface area contributed by atoms with Gasteiger partial charge < -0.3 is 14.7 Å². The molecule has 0 aromatic heterocycles. The van der Waals surface area contributed by atoms with E-state index in [1.807, 2.05) is 0 Å². The van der Waals surface area contributed by atoms with E-state index >= 15 is 0 Å². The maximum Gasteiger partial charge on any atom is 0.125 e. The van der Waals surface area contributed by atoms with Gasteiger partial charge in [-0.05, 0) is 38.2 Å². The standard InChI is InChI=1S/C14H22FNO2/c1-4-16(5-2)8-9-18-14-7-6-12(15)10-13(14)11(3)17/h6-7,10-11,17H,4-5,8-9H2,1-3H3. The molecule has 0 fully saturated rings. The lowest BCUT2D eigenvalue weighted by atomic mass is 10.1. The van der Waals surface area contributed by atoms with E-state index in [-0.39, 0.29) is 5.82 Å². The first-order valence-corrected chi connectivity index (χ1v) is 6.41. The second-order valence-electron chi connectivity index (χ2n) is 4.23. The van der Waals surface area contributed by atoms with Crippen molar-refractivity contribution in [1.82, 2.24) is 4.90 Å². The molecule has 1 aromatic rings. The van der Waals surface area contributed by atoms with Crippen molar-refractivity contribution < 1.29 is 14.2 Å². The summed E-state index contributed by atoms with van der Waals surface area (Å²) in [7, 11) is 0. The van der Waals surface area contributed by atoms with E-state index in [0.29, 0.717) is 17.9 Å². The third-order valence-corrected chi connectivity index (χ3v) is 2.98. The smallest absolute Gasteiger partial charge is 0.125 e. The molecule has 0 amide bonds. The molecule has 0 spiro atoms. The van der Waals surface area contributed by atoms with Crippen LogP contribution in [-0.2, 0) is 0 Å². The highest BCUT2D eigenvalue weighted by atomic mass is 19.1. The van der Waals surface area contributed by atoms with Crippen molar-refractivity contribution in [1.29, 1.82) is 0 Å². The molecule has 0 saturated carbocycles. The van der Waals surface area contributed by atoms with Crippen LogP contribution < -0.4 is 4.74 Å². The second kappa shape index (κ2) is 7.34. The zero-order chi connectivity index (χ0) is 13.5. The molecule has 0 radical (unpaired) electrons. The third-order valence-electron chi connectivity index (χ3n) is 2.98. The van der Waals surface area contributed by atoms with Crippen LogP contribution in [0.1, 0.15) is 32.4 Å². The molecule has 4 heteroatoms. The van der Waals surface area contributed by atoms with Crippen LogP contribution in [0.25, 0.3) is 0 Å². The summed E-state index contributed by atoms with van der Waals surface area (Å²) in [6.07, 6.45) is -0.732. The Morgan fingerprint density at radius 1 is 1.33 bits per heavy atom. The Morgan fingerprint density at radius 2 is 2.00 bits per heavy atom. The quantitative estimate of drug-likeness (QED) is 0.813. The van der Waals surface area contributed by atoms with Crippen molar-refractivity contribution >= 4 is 0 Å². The van der Waals surface area contributed by atoms with Gasteiger partial charge in [0.05, 0.1) is 6.10 Å². The Morgan fingerprint density at radius 3 is 2.56 bits per heavy atom. The van der Waals surface area contributed by atoms with Crippen molar-refractivity contribution in [2.24, 2.45) is 0 Å². The fourth-order valence-corrected chi connectivity index (χ4v) is 1.80. The summed E-state index contributed by atoms with van der Waals surface area (Å²) in [5.41, 5.74) is 0.495. The highest BCUT2D eigenvalue weighted by Crippen LogP contribution is 2.25. The van der Waals surface area contributed by atoms with Crippen molar-refractivity contribution in [2.45, 2.75) is 26.9 Å². The van der Waals surface area contributed by atoms with Gasteiger partial charge in [0.2, 0.25) is 0 Å². The molecule has 0 aliphatic rings. The molecular formula is C14H22FNO2. The monoisotopic (exact) mass is 255 g/mol. The van der Waals surface area contributed by atoms with E-state index in [1.165, 1.54) is 12.1 Å². The van der Waals surface area contributed by atoms with E-state index in [2.05, 4.69) is 18.7 Å². The molecule has 1 rings (SSSR count).